The predicted octanol–water partition coefficient (Wildman–Crippen LogP) is 1.81. The van der Waals surface area contributed by atoms with Gasteiger partial charge >= 0.3 is 0 Å². The molecule has 0 heterocycles. The number of carbonyl (C=O) groups excluding carboxylic acids is 1. The van der Waals surface area contributed by atoms with E-state index >= 15 is 0 Å². The number of aryl methyl sites for hydroxylation is 1. The third-order valence-corrected chi connectivity index (χ3v) is 3.68. The van der Waals surface area contributed by atoms with Gasteiger partial charge in [-0.3, -0.25) is 4.79 Å². The molecule has 1 aromatic carbocycles. The van der Waals surface area contributed by atoms with E-state index in [1.54, 1.807) is 0 Å². The van der Waals surface area contributed by atoms with Crippen LogP contribution in [0, 0.1) is 12.8 Å². The first kappa shape index (κ1) is 13.1. The average molecular weight is 247 g/mol. The Bertz CT molecular complexity index is 440. The maximum absolute atomic E-state index is 12.0. The molecule has 1 aromatic rings. The summed E-state index contributed by atoms with van der Waals surface area (Å²) in [6, 6.07) is 7.96. The molecule has 2 N–H and O–H groups in total. The summed E-state index contributed by atoms with van der Waals surface area (Å²) in [5.74, 6) is 0.424. The molecule has 1 aliphatic carbocycles. The van der Waals surface area contributed by atoms with E-state index in [1.807, 2.05) is 38.1 Å². The second-order valence-corrected chi connectivity index (χ2v) is 5.56. The summed E-state index contributed by atoms with van der Waals surface area (Å²) >= 11 is 0. The van der Waals surface area contributed by atoms with Crippen molar-refractivity contribution in [1.82, 2.24) is 5.32 Å². The van der Waals surface area contributed by atoms with Crippen LogP contribution in [0.4, 0.5) is 0 Å². The van der Waals surface area contributed by atoms with E-state index in [1.165, 1.54) is 0 Å². The molecule has 1 atom stereocenters. The number of amides is 1. The zero-order valence-electron chi connectivity index (χ0n) is 11.1. The van der Waals surface area contributed by atoms with Crippen molar-refractivity contribution in [3.05, 3.63) is 35.4 Å². The van der Waals surface area contributed by atoms with Crippen LogP contribution in [-0.4, -0.2) is 23.2 Å². The smallest absolute Gasteiger partial charge is 0.224 e. The number of aliphatic hydroxyl groups excluding tert-OH is 1. The lowest BCUT2D eigenvalue weighted by Gasteiger charge is -2.28. The molecular weight excluding hydrogens is 226 g/mol. The Morgan fingerprint density at radius 2 is 2.22 bits per heavy atom. The van der Waals surface area contributed by atoms with Crippen LogP contribution in [0.5, 0.6) is 0 Å². The topological polar surface area (TPSA) is 49.3 Å². The quantitative estimate of drug-likeness (QED) is 0.833. The lowest BCUT2D eigenvalue weighted by molar-refractivity contribution is -0.123. The van der Waals surface area contributed by atoms with Crippen LogP contribution in [0.15, 0.2) is 24.3 Å². The number of carbonyl (C=O) groups is 1. The molecule has 0 aliphatic heterocycles. The lowest BCUT2D eigenvalue weighted by atomic mass is 9.96. The highest BCUT2D eigenvalue weighted by molar-refractivity contribution is 5.79. The summed E-state index contributed by atoms with van der Waals surface area (Å²) < 4.78 is 0. The SMILES string of the molecule is Cc1cccc(CC(=O)NC(C)(CO)C2CC2)c1. The molecular formula is C15H21NO2. The molecule has 0 radical (unpaired) electrons. The molecule has 1 aliphatic rings. The fourth-order valence-corrected chi connectivity index (χ4v) is 2.36. The highest BCUT2D eigenvalue weighted by Gasteiger charge is 2.41. The highest BCUT2D eigenvalue weighted by Crippen LogP contribution is 2.39. The van der Waals surface area contributed by atoms with Gasteiger partial charge in [-0.05, 0) is 38.2 Å². The molecule has 18 heavy (non-hydrogen) atoms. The summed E-state index contributed by atoms with van der Waals surface area (Å²) in [5.41, 5.74) is 1.73. The molecule has 3 heteroatoms. The first-order valence-electron chi connectivity index (χ1n) is 6.51. The van der Waals surface area contributed by atoms with Crippen LogP contribution in [0.3, 0.4) is 0 Å². The minimum atomic E-state index is -0.444. The number of hydrogen-bond acceptors (Lipinski definition) is 2. The molecule has 2 rings (SSSR count). The molecule has 98 valence electrons. The van der Waals surface area contributed by atoms with Crippen molar-refractivity contribution in [1.29, 1.82) is 0 Å². The average Bonchev–Trinajstić information content (AvgIpc) is 3.12. The van der Waals surface area contributed by atoms with Crippen LogP contribution in [0.1, 0.15) is 30.9 Å². The summed E-state index contributed by atoms with van der Waals surface area (Å²) in [5, 5.41) is 12.4. The van der Waals surface area contributed by atoms with Gasteiger partial charge in [0.2, 0.25) is 5.91 Å². The van der Waals surface area contributed by atoms with Crippen LogP contribution in [0.25, 0.3) is 0 Å². The number of rotatable bonds is 5. The van der Waals surface area contributed by atoms with Crippen LogP contribution in [0.2, 0.25) is 0 Å². The molecule has 0 spiro atoms. The van der Waals surface area contributed by atoms with Gasteiger partial charge in [-0.25, -0.2) is 0 Å². The molecule has 1 unspecified atom stereocenters. The second-order valence-electron chi connectivity index (χ2n) is 5.56. The first-order chi connectivity index (χ1) is 8.53. The molecule has 0 saturated heterocycles. The van der Waals surface area contributed by atoms with Crippen molar-refractivity contribution in [3.8, 4) is 0 Å². The van der Waals surface area contributed by atoms with Gasteiger partial charge in [0.1, 0.15) is 0 Å². The van der Waals surface area contributed by atoms with Gasteiger partial charge in [0, 0.05) is 0 Å². The van der Waals surface area contributed by atoms with Crippen LogP contribution in [-0.2, 0) is 11.2 Å². The summed E-state index contributed by atoms with van der Waals surface area (Å²) in [6.45, 7) is 3.96. The Balaban J connectivity index is 1.96. The molecule has 0 bridgehead atoms. The number of hydrogen-bond donors (Lipinski definition) is 2. The van der Waals surface area contributed by atoms with Gasteiger partial charge in [-0.1, -0.05) is 29.8 Å². The third kappa shape index (κ3) is 3.10. The van der Waals surface area contributed by atoms with E-state index in [4.69, 9.17) is 0 Å². The Morgan fingerprint density at radius 3 is 2.78 bits per heavy atom. The zero-order chi connectivity index (χ0) is 13.2. The van der Waals surface area contributed by atoms with E-state index < -0.39 is 5.54 Å². The fraction of sp³-hybridized carbons (Fsp3) is 0.533. The Morgan fingerprint density at radius 1 is 1.50 bits per heavy atom. The van der Waals surface area contributed by atoms with Gasteiger partial charge in [-0.2, -0.15) is 0 Å². The second kappa shape index (κ2) is 5.11. The van der Waals surface area contributed by atoms with E-state index in [9.17, 15) is 9.90 Å². The molecule has 1 saturated carbocycles. The van der Waals surface area contributed by atoms with Crippen LogP contribution >= 0.6 is 0 Å². The van der Waals surface area contributed by atoms with Gasteiger partial charge < -0.3 is 10.4 Å². The third-order valence-electron chi connectivity index (χ3n) is 3.68. The van der Waals surface area contributed by atoms with E-state index in [0.29, 0.717) is 12.3 Å². The molecule has 1 amide bonds. The molecule has 0 aromatic heterocycles. The Labute approximate surface area is 108 Å². The van der Waals surface area contributed by atoms with Gasteiger partial charge in [-0.15, -0.1) is 0 Å². The summed E-state index contributed by atoms with van der Waals surface area (Å²) in [6.07, 6.45) is 2.58. The minimum Gasteiger partial charge on any atom is -0.394 e. The van der Waals surface area contributed by atoms with Crippen molar-refractivity contribution in [2.75, 3.05) is 6.61 Å². The van der Waals surface area contributed by atoms with Crippen molar-refractivity contribution in [2.45, 2.75) is 38.6 Å². The highest BCUT2D eigenvalue weighted by atomic mass is 16.3. The van der Waals surface area contributed by atoms with E-state index in [0.717, 1.165) is 24.0 Å². The molecule has 3 nitrogen and oxygen atoms in total. The van der Waals surface area contributed by atoms with Crippen molar-refractivity contribution in [2.24, 2.45) is 5.92 Å². The summed E-state index contributed by atoms with van der Waals surface area (Å²) in [4.78, 5) is 12.0. The molecule has 1 fully saturated rings. The van der Waals surface area contributed by atoms with Crippen molar-refractivity contribution < 1.29 is 9.90 Å². The Kier molecular flexibility index (Phi) is 3.71. The Hall–Kier alpha value is -1.35. The summed E-state index contributed by atoms with van der Waals surface area (Å²) in [7, 11) is 0. The van der Waals surface area contributed by atoms with E-state index in [-0.39, 0.29) is 12.5 Å². The largest absolute Gasteiger partial charge is 0.394 e. The number of benzene rings is 1. The number of aliphatic hydroxyl groups is 1. The normalized spacial score (nSPS) is 18.2. The van der Waals surface area contributed by atoms with Crippen molar-refractivity contribution >= 4 is 5.91 Å². The minimum absolute atomic E-state index is 0.0101. The predicted molar refractivity (Wildman–Crippen MR) is 71.2 cm³/mol. The van der Waals surface area contributed by atoms with Crippen LogP contribution < -0.4 is 5.32 Å². The zero-order valence-corrected chi connectivity index (χ0v) is 11.1. The van der Waals surface area contributed by atoms with E-state index in [2.05, 4.69) is 5.32 Å². The van der Waals surface area contributed by atoms with Gasteiger partial charge in [0.05, 0.1) is 18.6 Å². The van der Waals surface area contributed by atoms with Gasteiger partial charge in [0.15, 0.2) is 0 Å². The van der Waals surface area contributed by atoms with Crippen molar-refractivity contribution in [3.63, 3.8) is 0 Å². The fourth-order valence-electron chi connectivity index (χ4n) is 2.36. The standard InChI is InChI=1S/C15H21NO2/c1-11-4-3-5-12(8-11)9-14(18)16-15(2,10-17)13-6-7-13/h3-5,8,13,17H,6-7,9-10H2,1-2H3,(H,16,18). The maximum atomic E-state index is 12.0. The lowest BCUT2D eigenvalue weighted by Crippen LogP contribution is -2.51. The van der Waals surface area contributed by atoms with Gasteiger partial charge in [0.25, 0.3) is 0 Å². The monoisotopic (exact) mass is 247 g/mol. The number of nitrogens with one attached hydrogen (secondary N) is 1. The maximum Gasteiger partial charge on any atom is 0.224 e. The first-order valence-corrected chi connectivity index (χ1v) is 6.51.